The van der Waals surface area contributed by atoms with E-state index < -0.39 is 0 Å². The van der Waals surface area contributed by atoms with Gasteiger partial charge >= 0.3 is 0 Å². The molecule has 0 bridgehead atoms. The maximum atomic E-state index is 12.2. The fraction of sp³-hybridized carbons (Fsp3) is 0.222. The van der Waals surface area contributed by atoms with Gasteiger partial charge in [0.15, 0.2) is 0 Å². The third-order valence-electron chi connectivity index (χ3n) is 3.46. The fourth-order valence-corrected chi connectivity index (χ4v) is 2.71. The molecule has 5 heteroatoms. The van der Waals surface area contributed by atoms with E-state index in [1.165, 1.54) is 0 Å². The summed E-state index contributed by atoms with van der Waals surface area (Å²) in [7, 11) is 3.51. The highest BCUT2D eigenvalue weighted by molar-refractivity contribution is 14.1. The van der Waals surface area contributed by atoms with Crippen LogP contribution in [0.1, 0.15) is 22.3 Å². The molecule has 0 heterocycles. The van der Waals surface area contributed by atoms with Crippen LogP contribution in [0.2, 0.25) is 0 Å². The molecule has 0 spiro atoms. The van der Waals surface area contributed by atoms with Crippen molar-refractivity contribution in [2.24, 2.45) is 0 Å². The van der Waals surface area contributed by atoms with Gasteiger partial charge in [-0.3, -0.25) is 9.59 Å². The van der Waals surface area contributed by atoms with Crippen molar-refractivity contribution in [2.75, 3.05) is 19.4 Å². The van der Waals surface area contributed by atoms with Crippen molar-refractivity contribution in [1.29, 1.82) is 0 Å². The average molecular weight is 422 g/mol. The zero-order valence-corrected chi connectivity index (χ0v) is 15.3. The van der Waals surface area contributed by atoms with Gasteiger partial charge in [-0.2, -0.15) is 0 Å². The molecule has 120 valence electrons. The molecule has 2 rings (SSSR count). The Hall–Kier alpha value is -1.89. The molecule has 0 fully saturated rings. The molecule has 0 unspecified atom stereocenters. The van der Waals surface area contributed by atoms with Crippen molar-refractivity contribution in [3.63, 3.8) is 0 Å². The van der Waals surface area contributed by atoms with Gasteiger partial charge in [-0.15, -0.1) is 0 Å². The summed E-state index contributed by atoms with van der Waals surface area (Å²) in [5.41, 5.74) is 2.48. The van der Waals surface area contributed by atoms with E-state index in [2.05, 4.69) is 27.9 Å². The summed E-state index contributed by atoms with van der Waals surface area (Å²) in [6.45, 7) is 0. The van der Waals surface area contributed by atoms with E-state index in [9.17, 15) is 9.59 Å². The number of carbonyl (C=O) groups excluding carboxylic acids is 2. The first-order valence-corrected chi connectivity index (χ1v) is 8.40. The fourth-order valence-electron chi connectivity index (χ4n) is 2.07. The predicted octanol–water partition coefficient (Wildman–Crippen LogP) is 3.56. The largest absolute Gasteiger partial charge is 0.349 e. The number of nitrogens with zero attached hydrogens (tertiary/aromatic N) is 1. The molecule has 0 saturated carbocycles. The lowest BCUT2D eigenvalue weighted by Gasteiger charge is -2.10. The van der Waals surface area contributed by atoms with Gasteiger partial charge in [0, 0.05) is 29.8 Å². The second kappa shape index (κ2) is 8.10. The molecular formula is C18H19IN2O2. The standard InChI is InChI=1S/C18H19IN2O2/c1-21(2)17(22)12-9-13-7-10-14(11-8-13)20-18(23)15-5-3-4-6-16(15)19/h3-8,10-11H,9,12H2,1-2H3,(H,20,23). The summed E-state index contributed by atoms with van der Waals surface area (Å²) in [6.07, 6.45) is 1.18. The molecule has 0 aliphatic rings. The van der Waals surface area contributed by atoms with Crippen LogP contribution in [0.3, 0.4) is 0 Å². The summed E-state index contributed by atoms with van der Waals surface area (Å²) < 4.78 is 0.918. The predicted molar refractivity (Wildman–Crippen MR) is 101 cm³/mol. The normalized spacial score (nSPS) is 10.2. The lowest BCUT2D eigenvalue weighted by Crippen LogP contribution is -2.21. The van der Waals surface area contributed by atoms with Gasteiger partial charge in [-0.1, -0.05) is 24.3 Å². The van der Waals surface area contributed by atoms with E-state index in [1.807, 2.05) is 42.5 Å². The third kappa shape index (κ3) is 5.06. The number of hydrogen-bond donors (Lipinski definition) is 1. The van der Waals surface area contributed by atoms with Gasteiger partial charge in [0.2, 0.25) is 5.91 Å². The molecule has 23 heavy (non-hydrogen) atoms. The van der Waals surface area contributed by atoms with Crippen molar-refractivity contribution in [2.45, 2.75) is 12.8 Å². The Morgan fingerprint density at radius 3 is 2.30 bits per heavy atom. The van der Waals surface area contributed by atoms with E-state index in [1.54, 1.807) is 25.1 Å². The van der Waals surface area contributed by atoms with Crippen LogP contribution in [-0.4, -0.2) is 30.8 Å². The minimum atomic E-state index is -0.120. The Labute approximate surface area is 150 Å². The first-order chi connectivity index (χ1) is 11.0. The Morgan fingerprint density at radius 1 is 1.04 bits per heavy atom. The number of aryl methyl sites for hydroxylation is 1. The molecular weight excluding hydrogens is 403 g/mol. The van der Waals surface area contributed by atoms with Crippen LogP contribution in [-0.2, 0) is 11.2 Å². The van der Waals surface area contributed by atoms with E-state index >= 15 is 0 Å². The maximum absolute atomic E-state index is 12.2. The summed E-state index contributed by atoms with van der Waals surface area (Å²) in [6, 6.07) is 15.1. The molecule has 2 amide bonds. The van der Waals surface area contributed by atoms with Gasteiger partial charge in [0.05, 0.1) is 5.56 Å². The van der Waals surface area contributed by atoms with Crippen LogP contribution >= 0.6 is 22.6 Å². The zero-order valence-electron chi connectivity index (χ0n) is 13.2. The highest BCUT2D eigenvalue weighted by atomic mass is 127. The average Bonchev–Trinajstić information content (AvgIpc) is 2.54. The lowest BCUT2D eigenvalue weighted by atomic mass is 10.1. The Morgan fingerprint density at radius 2 is 1.70 bits per heavy atom. The Bertz CT molecular complexity index is 696. The Balaban J connectivity index is 1.96. The smallest absolute Gasteiger partial charge is 0.256 e. The summed E-state index contributed by atoms with van der Waals surface area (Å²) in [5, 5.41) is 2.89. The monoisotopic (exact) mass is 422 g/mol. The number of amides is 2. The summed E-state index contributed by atoms with van der Waals surface area (Å²) in [5.74, 6) is -0.00781. The SMILES string of the molecule is CN(C)C(=O)CCc1ccc(NC(=O)c2ccccc2I)cc1. The molecule has 2 aromatic rings. The van der Waals surface area contributed by atoms with E-state index in [-0.39, 0.29) is 11.8 Å². The molecule has 0 saturated heterocycles. The van der Waals surface area contributed by atoms with Gasteiger partial charge in [0.1, 0.15) is 0 Å². The lowest BCUT2D eigenvalue weighted by molar-refractivity contribution is -0.128. The van der Waals surface area contributed by atoms with Gasteiger partial charge in [-0.05, 0) is 58.8 Å². The quantitative estimate of drug-likeness (QED) is 0.750. The van der Waals surface area contributed by atoms with Crippen LogP contribution in [0.5, 0.6) is 0 Å². The number of hydrogen-bond acceptors (Lipinski definition) is 2. The topological polar surface area (TPSA) is 49.4 Å². The van der Waals surface area contributed by atoms with Crippen LogP contribution in [0, 0.1) is 3.57 Å². The summed E-state index contributed by atoms with van der Waals surface area (Å²) in [4.78, 5) is 25.4. The second-order valence-electron chi connectivity index (χ2n) is 5.42. The van der Waals surface area contributed by atoms with Crippen LogP contribution in [0.25, 0.3) is 0 Å². The number of rotatable bonds is 5. The van der Waals surface area contributed by atoms with Crippen molar-refractivity contribution >= 4 is 40.1 Å². The number of halogens is 1. The van der Waals surface area contributed by atoms with Gasteiger partial charge in [-0.25, -0.2) is 0 Å². The van der Waals surface area contributed by atoms with Crippen molar-refractivity contribution in [3.05, 3.63) is 63.2 Å². The van der Waals surface area contributed by atoms with E-state index in [4.69, 9.17) is 0 Å². The van der Waals surface area contributed by atoms with Crippen LogP contribution in [0.15, 0.2) is 48.5 Å². The molecule has 0 aliphatic carbocycles. The van der Waals surface area contributed by atoms with Crippen LogP contribution in [0.4, 0.5) is 5.69 Å². The minimum Gasteiger partial charge on any atom is -0.349 e. The number of anilines is 1. The van der Waals surface area contributed by atoms with Crippen molar-refractivity contribution in [3.8, 4) is 0 Å². The summed E-state index contributed by atoms with van der Waals surface area (Å²) >= 11 is 2.15. The second-order valence-corrected chi connectivity index (χ2v) is 6.58. The molecule has 0 aromatic heterocycles. The Kier molecular flexibility index (Phi) is 6.15. The molecule has 0 radical (unpaired) electrons. The van der Waals surface area contributed by atoms with E-state index in [0.717, 1.165) is 14.8 Å². The molecule has 0 atom stereocenters. The highest BCUT2D eigenvalue weighted by Gasteiger charge is 2.09. The molecule has 4 nitrogen and oxygen atoms in total. The van der Waals surface area contributed by atoms with Crippen LogP contribution < -0.4 is 5.32 Å². The van der Waals surface area contributed by atoms with Gasteiger partial charge in [0.25, 0.3) is 5.91 Å². The zero-order chi connectivity index (χ0) is 16.8. The third-order valence-corrected chi connectivity index (χ3v) is 4.40. The first-order valence-electron chi connectivity index (χ1n) is 7.32. The number of carbonyl (C=O) groups is 2. The molecule has 2 aromatic carbocycles. The highest BCUT2D eigenvalue weighted by Crippen LogP contribution is 2.16. The minimum absolute atomic E-state index is 0.112. The first kappa shape index (κ1) is 17.5. The van der Waals surface area contributed by atoms with E-state index in [0.29, 0.717) is 18.4 Å². The number of nitrogens with one attached hydrogen (secondary N) is 1. The molecule has 1 N–H and O–H groups in total. The van der Waals surface area contributed by atoms with Crippen molar-refractivity contribution < 1.29 is 9.59 Å². The molecule has 0 aliphatic heterocycles. The van der Waals surface area contributed by atoms with Crippen molar-refractivity contribution in [1.82, 2.24) is 4.90 Å². The number of benzene rings is 2. The maximum Gasteiger partial charge on any atom is 0.256 e. The van der Waals surface area contributed by atoms with Gasteiger partial charge < -0.3 is 10.2 Å².